The summed E-state index contributed by atoms with van der Waals surface area (Å²) in [6.07, 6.45) is 51.6. The highest BCUT2D eigenvalue weighted by Gasteiger charge is 2.24. The number of hydrogen-bond donors (Lipinski definition) is 3. The van der Waals surface area contributed by atoms with Gasteiger partial charge in [-0.3, -0.25) is 9.59 Å². The quantitative estimate of drug-likeness (QED) is 0.0419. The zero-order valence-electron chi connectivity index (χ0n) is 40.2. The normalized spacial score (nSPS) is 13.1. The number of hydrogen-bond acceptors (Lipinski definition) is 5. The molecule has 0 spiro atoms. The molecule has 0 aromatic heterocycles. The van der Waals surface area contributed by atoms with Crippen LogP contribution >= 0.6 is 0 Å². The van der Waals surface area contributed by atoms with Crippen LogP contribution in [0.15, 0.2) is 0 Å². The highest BCUT2D eigenvalue weighted by Crippen LogP contribution is 2.19. The minimum absolute atomic E-state index is 0.0878. The van der Waals surface area contributed by atoms with Gasteiger partial charge in [0.15, 0.2) is 0 Å². The second-order valence-electron chi connectivity index (χ2n) is 18.6. The lowest BCUT2D eigenvalue weighted by atomic mass is 10.0. The van der Waals surface area contributed by atoms with Crippen molar-refractivity contribution in [3.8, 4) is 0 Å². The van der Waals surface area contributed by atoms with Gasteiger partial charge in [0.05, 0.1) is 25.2 Å². The van der Waals surface area contributed by atoms with Gasteiger partial charge in [0, 0.05) is 6.42 Å². The molecular formula is C53H105NO5. The monoisotopic (exact) mass is 836 g/mol. The first-order valence-electron chi connectivity index (χ1n) is 26.8. The Balaban J connectivity index is 4.45. The number of aliphatic hydroxyl groups excluding tert-OH is 2. The molecule has 0 saturated carbocycles. The molecule has 0 aliphatic carbocycles. The van der Waals surface area contributed by atoms with E-state index in [0.29, 0.717) is 19.3 Å². The molecule has 352 valence electrons. The summed E-state index contributed by atoms with van der Waals surface area (Å²) < 4.78 is 5.93. The van der Waals surface area contributed by atoms with Gasteiger partial charge in [-0.1, -0.05) is 265 Å². The standard InChI is InChI=1S/C53H105NO5/c1-4-7-10-13-16-19-22-24-25-26-28-31-33-36-39-42-45-51(56)50(48-55)54-52(57)47-49(44-41-38-35-32-30-27-23-20-17-14-11-8-5-2)59-53(58)46-43-40-37-34-29-21-18-15-12-9-6-3/h49-51,55-56H,4-48H2,1-3H3,(H,54,57). The van der Waals surface area contributed by atoms with Gasteiger partial charge in [-0.25, -0.2) is 0 Å². The molecule has 6 heteroatoms. The number of rotatable bonds is 49. The smallest absolute Gasteiger partial charge is 0.306 e. The van der Waals surface area contributed by atoms with Crippen LogP contribution in [0.5, 0.6) is 0 Å². The first-order chi connectivity index (χ1) is 29.0. The molecule has 1 amide bonds. The topological polar surface area (TPSA) is 95.9 Å². The number of carbonyl (C=O) groups is 2. The van der Waals surface area contributed by atoms with Crippen LogP contribution in [0.2, 0.25) is 0 Å². The van der Waals surface area contributed by atoms with Crippen molar-refractivity contribution in [2.24, 2.45) is 0 Å². The van der Waals surface area contributed by atoms with Crippen LogP contribution in [0.25, 0.3) is 0 Å². The summed E-state index contributed by atoms with van der Waals surface area (Å²) in [6, 6.07) is -0.692. The van der Waals surface area contributed by atoms with Gasteiger partial charge in [-0.15, -0.1) is 0 Å². The van der Waals surface area contributed by atoms with E-state index in [9.17, 15) is 19.8 Å². The zero-order valence-corrected chi connectivity index (χ0v) is 40.2. The Morgan fingerprint density at radius 1 is 0.424 bits per heavy atom. The number of esters is 1. The first-order valence-corrected chi connectivity index (χ1v) is 26.8. The fraction of sp³-hybridized carbons (Fsp3) is 0.962. The number of amides is 1. The Bertz CT molecular complexity index is 852. The van der Waals surface area contributed by atoms with Gasteiger partial charge >= 0.3 is 5.97 Å². The maximum atomic E-state index is 13.2. The lowest BCUT2D eigenvalue weighted by Crippen LogP contribution is -2.46. The van der Waals surface area contributed by atoms with Crippen molar-refractivity contribution >= 4 is 11.9 Å². The van der Waals surface area contributed by atoms with Crippen LogP contribution in [0.4, 0.5) is 0 Å². The van der Waals surface area contributed by atoms with Crippen molar-refractivity contribution in [1.29, 1.82) is 0 Å². The van der Waals surface area contributed by atoms with Gasteiger partial charge in [0.25, 0.3) is 0 Å². The SMILES string of the molecule is CCCCCCCCCCCCCCCCCCC(O)C(CO)NC(=O)CC(CCCCCCCCCCCCCCC)OC(=O)CCCCCCCCCCCCC. The van der Waals surface area contributed by atoms with E-state index >= 15 is 0 Å². The van der Waals surface area contributed by atoms with Crippen LogP contribution in [-0.2, 0) is 14.3 Å². The van der Waals surface area contributed by atoms with Crippen molar-refractivity contribution < 1.29 is 24.5 Å². The lowest BCUT2D eigenvalue weighted by molar-refractivity contribution is -0.151. The number of carbonyl (C=O) groups excluding carboxylic acids is 2. The van der Waals surface area contributed by atoms with E-state index in [4.69, 9.17) is 4.74 Å². The van der Waals surface area contributed by atoms with Crippen molar-refractivity contribution in [1.82, 2.24) is 5.32 Å². The van der Waals surface area contributed by atoms with E-state index in [1.165, 1.54) is 212 Å². The van der Waals surface area contributed by atoms with E-state index < -0.39 is 18.2 Å². The largest absolute Gasteiger partial charge is 0.462 e. The molecule has 3 N–H and O–H groups in total. The fourth-order valence-corrected chi connectivity index (χ4v) is 8.61. The van der Waals surface area contributed by atoms with E-state index in [1.54, 1.807) is 0 Å². The van der Waals surface area contributed by atoms with Gasteiger partial charge in [-0.05, 0) is 25.7 Å². The first kappa shape index (κ1) is 57.9. The second-order valence-corrected chi connectivity index (χ2v) is 18.6. The summed E-state index contributed by atoms with van der Waals surface area (Å²) >= 11 is 0. The molecule has 0 radical (unpaired) electrons. The van der Waals surface area contributed by atoms with Gasteiger partial charge in [0.2, 0.25) is 5.91 Å². The predicted octanol–water partition coefficient (Wildman–Crippen LogP) is 16.0. The zero-order chi connectivity index (χ0) is 43.1. The summed E-state index contributed by atoms with van der Waals surface area (Å²) in [6.45, 7) is 6.51. The molecule has 0 rings (SSSR count). The van der Waals surface area contributed by atoms with Crippen LogP contribution in [-0.4, -0.2) is 46.9 Å². The van der Waals surface area contributed by atoms with E-state index in [0.717, 1.165) is 44.9 Å². The van der Waals surface area contributed by atoms with Gasteiger partial charge in [0.1, 0.15) is 6.10 Å². The van der Waals surface area contributed by atoms with Crippen LogP contribution in [0, 0.1) is 0 Å². The van der Waals surface area contributed by atoms with Gasteiger partial charge in [-0.2, -0.15) is 0 Å². The van der Waals surface area contributed by atoms with Crippen LogP contribution in [0.3, 0.4) is 0 Å². The molecule has 59 heavy (non-hydrogen) atoms. The predicted molar refractivity (Wildman–Crippen MR) is 255 cm³/mol. The highest BCUT2D eigenvalue weighted by atomic mass is 16.5. The molecule has 0 fully saturated rings. The fourth-order valence-electron chi connectivity index (χ4n) is 8.61. The molecule has 0 aliphatic heterocycles. The number of ether oxygens (including phenoxy) is 1. The Kier molecular flexibility index (Phi) is 47.0. The molecule has 0 aliphatic rings. The van der Waals surface area contributed by atoms with Gasteiger partial charge < -0.3 is 20.3 Å². The molecule has 0 bridgehead atoms. The summed E-state index contributed by atoms with van der Waals surface area (Å²) in [5.41, 5.74) is 0. The minimum Gasteiger partial charge on any atom is -0.462 e. The third-order valence-corrected chi connectivity index (χ3v) is 12.7. The molecule has 0 saturated heterocycles. The van der Waals surface area contributed by atoms with E-state index in [-0.39, 0.29) is 24.9 Å². The van der Waals surface area contributed by atoms with Crippen molar-refractivity contribution in [3.05, 3.63) is 0 Å². The maximum Gasteiger partial charge on any atom is 0.306 e. The van der Waals surface area contributed by atoms with Crippen LogP contribution < -0.4 is 5.32 Å². The third kappa shape index (κ3) is 43.3. The van der Waals surface area contributed by atoms with Crippen molar-refractivity contribution in [2.75, 3.05) is 6.61 Å². The Morgan fingerprint density at radius 3 is 1.03 bits per heavy atom. The Morgan fingerprint density at radius 2 is 0.712 bits per heavy atom. The van der Waals surface area contributed by atoms with Crippen molar-refractivity contribution in [3.63, 3.8) is 0 Å². The minimum atomic E-state index is -0.779. The summed E-state index contributed by atoms with van der Waals surface area (Å²) in [4.78, 5) is 26.1. The molecular weight excluding hydrogens is 731 g/mol. The second kappa shape index (κ2) is 47.9. The summed E-state index contributed by atoms with van der Waals surface area (Å²) in [5, 5.41) is 23.8. The van der Waals surface area contributed by atoms with Crippen LogP contribution in [0.1, 0.15) is 303 Å². The molecule has 3 atom stereocenters. The van der Waals surface area contributed by atoms with E-state index in [2.05, 4.69) is 26.1 Å². The molecule has 0 heterocycles. The average Bonchev–Trinajstić information content (AvgIpc) is 3.23. The highest BCUT2D eigenvalue weighted by molar-refractivity contribution is 5.77. The number of unbranched alkanes of at least 4 members (excludes halogenated alkanes) is 37. The number of nitrogens with one attached hydrogen (secondary N) is 1. The van der Waals surface area contributed by atoms with Crippen molar-refractivity contribution in [2.45, 2.75) is 322 Å². The molecule has 0 aromatic rings. The molecule has 3 unspecified atom stereocenters. The number of aliphatic hydroxyl groups is 2. The lowest BCUT2D eigenvalue weighted by Gasteiger charge is -2.24. The Hall–Kier alpha value is -1.14. The summed E-state index contributed by atoms with van der Waals surface area (Å²) in [5.74, 6) is -0.451. The summed E-state index contributed by atoms with van der Waals surface area (Å²) in [7, 11) is 0. The maximum absolute atomic E-state index is 13.2. The molecule has 0 aromatic carbocycles. The van der Waals surface area contributed by atoms with E-state index in [1.807, 2.05) is 0 Å². The third-order valence-electron chi connectivity index (χ3n) is 12.7. The Labute approximate surface area is 368 Å². The average molecular weight is 836 g/mol. The molecule has 6 nitrogen and oxygen atoms in total.